The molecule has 13 heavy (non-hydrogen) atoms. The zero-order valence-corrected chi connectivity index (χ0v) is 9.11. The van der Waals surface area contributed by atoms with Crippen molar-refractivity contribution in [1.82, 2.24) is 0 Å². The maximum Gasteiger partial charge on any atom is 0.122 e. The van der Waals surface area contributed by atoms with Crippen molar-refractivity contribution >= 4 is 11.6 Å². The van der Waals surface area contributed by atoms with Crippen LogP contribution in [0.25, 0.3) is 0 Å². The highest BCUT2D eigenvalue weighted by atomic mass is 35.5. The number of aryl methyl sites for hydroxylation is 2. The first kappa shape index (κ1) is 10.4. The molecule has 1 nitrogen and oxygen atoms in total. The number of ether oxygens (including phenoxy) is 1. The number of alkyl halides is 1. The monoisotopic (exact) mass is 198 g/mol. The van der Waals surface area contributed by atoms with Gasteiger partial charge >= 0.3 is 0 Å². The zero-order chi connectivity index (χ0) is 9.84. The molecule has 2 heteroatoms. The molecule has 0 aromatic heterocycles. The van der Waals surface area contributed by atoms with Gasteiger partial charge < -0.3 is 4.74 Å². The van der Waals surface area contributed by atoms with Crippen molar-refractivity contribution in [1.29, 1.82) is 0 Å². The van der Waals surface area contributed by atoms with Gasteiger partial charge in [-0.05, 0) is 43.5 Å². The summed E-state index contributed by atoms with van der Waals surface area (Å²) in [5, 5.41) is 0. The Hall–Kier alpha value is -0.690. The highest BCUT2D eigenvalue weighted by Gasteiger charge is 2.03. The standard InChI is InChI=1S/C11H15ClO/c1-4-13-11-6-8(2)10(7-12)5-9(11)3/h5-6H,4,7H2,1-3H3. The summed E-state index contributed by atoms with van der Waals surface area (Å²) in [7, 11) is 0. The van der Waals surface area contributed by atoms with Crippen LogP contribution in [-0.2, 0) is 5.88 Å². The van der Waals surface area contributed by atoms with Crippen LogP contribution in [0.2, 0.25) is 0 Å². The normalized spacial score (nSPS) is 10.2. The van der Waals surface area contributed by atoms with Crippen molar-refractivity contribution in [2.45, 2.75) is 26.7 Å². The Morgan fingerprint density at radius 1 is 1.23 bits per heavy atom. The third kappa shape index (κ3) is 2.38. The van der Waals surface area contributed by atoms with Crippen LogP contribution in [0.4, 0.5) is 0 Å². The highest BCUT2D eigenvalue weighted by molar-refractivity contribution is 6.17. The Balaban J connectivity index is 3.05. The molecule has 0 aliphatic heterocycles. The smallest absolute Gasteiger partial charge is 0.122 e. The summed E-state index contributed by atoms with van der Waals surface area (Å²) in [5.41, 5.74) is 3.54. The molecule has 1 rings (SSSR count). The predicted molar refractivity (Wildman–Crippen MR) is 56.6 cm³/mol. The Bertz CT molecular complexity index is 294. The molecule has 0 radical (unpaired) electrons. The average Bonchev–Trinajstić information content (AvgIpc) is 2.11. The molecular formula is C11H15ClO. The quantitative estimate of drug-likeness (QED) is 0.677. The first-order valence-electron chi connectivity index (χ1n) is 4.48. The molecule has 0 bridgehead atoms. The lowest BCUT2D eigenvalue weighted by Crippen LogP contribution is -1.96. The van der Waals surface area contributed by atoms with Gasteiger partial charge in [-0.25, -0.2) is 0 Å². The van der Waals surface area contributed by atoms with E-state index in [-0.39, 0.29) is 0 Å². The van der Waals surface area contributed by atoms with Crippen molar-refractivity contribution in [2.75, 3.05) is 6.61 Å². The summed E-state index contributed by atoms with van der Waals surface area (Å²) < 4.78 is 5.47. The molecule has 0 N–H and O–H groups in total. The summed E-state index contributed by atoms with van der Waals surface area (Å²) in [6, 6.07) is 4.14. The van der Waals surface area contributed by atoms with Gasteiger partial charge in [-0.15, -0.1) is 11.6 Å². The molecule has 0 amide bonds. The largest absolute Gasteiger partial charge is 0.494 e. The van der Waals surface area contributed by atoms with Gasteiger partial charge in [0.1, 0.15) is 5.75 Å². The lowest BCUT2D eigenvalue weighted by molar-refractivity contribution is 0.337. The average molecular weight is 199 g/mol. The first-order chi connectivity index (χ1) is 6.19. The maximum absolute atomic E-state index is 5.79. The van der Waals surface area contributed by atoms with Crippen LogP contribution >= 0.6 is 11.6 Å². The van der Waals surface area contributed by atoms with Gasteiger partial charge in [-0.3, -0.25) is 0 Å². The number of hydrogen-bond acceptors (Lipinski definition) is 1. The van der Waals surface area contributed by atoms with Gasteiger partial charge in [0, 0.05) is 5.88 Å². The molecule has 0 heterocycles. The number of halogens is 1. The minimum Gasteiger partial charge on any atom is -0.494 e. The summed E-state index contributed by atoms with van der Waals surface area (Å²) in [6.45, 7) is 6.80. The number of rotatable bonds is 3. The van der Waals surface area contributed by atoms with E-state index in [1.54, 1.807) is 0 Å². The number of hydrogen-bond donors (Lipinski definition) is 0. The maximum atomic E-state index is 5.79. The van der Waals surface area contributed by atoms with Crippen LogP contribution in [0.3, 0.4) is 0 Å². The van der Waals surface area contributed by atoms with Gasteiger partial charge in [-0.2, -0.15) is 0 Å². The van der Waals surface area contributed by atoms with E-state index < -0.39 is 0 Å². The molecule has 72 valence electrons. The van der Waals surface area contributed by atoms with E-state index in [1.807, 2.05) is 13.8 Å². The van der Waals surface area contributed by atoms with Crippen LogP contribution in [0.1, 0.15) is 23.6 Å². The van der Waals surface area contributed by atoms with Gasteiger partial charge in [-0.1, -0.05) is 6.07 Å². The molecule has 0 aliphatic carbocycles. The first-order valence-corrected chi connectivity index (χ1v) is 5.01. The molecular weight excluding hydrogens is 184 g/mol. The lowest BCUT2D eigenvalue weighted by atomic mass is 10.1. The molecule has 0 spiro atoms. The SMILES string of the molecule is CCOc1cc(C)c(CCl)cc1C. The van der Waals surface area contributed by atoms with Crippen molar-refractivity contribution in [2.24, 2.45) is 0 Å². The van der Waals surface area contributed by atoms with E-state index in [2.05, 4.69) is 19.1 Å². The van der Waals surface area contributed by atoms with E-state index in [9.17, 15) is 0 Å². The van der Waals surface area contributed by atoms with Crippen LogP contribution in [0, 0.1) is 13.8 Å². The Labute approximate surface area is 84.7 Å². The topological polar surface area (TPSA) is 9.23 Å². The minimum absolute atomic E-state index is 0.569. The van der Waals surface area contributed by atoms with Gasteiger partial charge in [0.05, 0.1) is 6.61 Å². The van der Waals surface area contributed by atoms with Crippen LogP contribution in [0.15, 0.2) is 12.1 Å². The second-order valence-electron chi connectivity index (χ2n) is 3.11. The third-order valence-corrected chi connectivity index (χ3v) is 2.37. The molecule has 1 aromatic carbocycles. The molecule has 0 atom stereocenters. The molecule has 0 aliphatic rings. The molecule has 0 unspecified atom stereocenters. The van der Waals surface area contributed by atoms with E-state index in [4.69, 9.17) is 16.3 Å². The lowest BCUT2D eigenvalue weighted by Gasteiger charge is -2.10. The summed E-state index contributed by atoms with van der Waals surface area (Å²) in [5.74, 6) is 1.54. The van der Waals surface area contributed by atoms with Crippen molar-refractivity contribution in [3.8, 4) is 5.75 Å². The predicted octanol–water partition coefficient (Wildman–Crippen LogP) is 3.44. The van der Waals surface area contributed by atoms with E-state index in [0.29, 0.717) is 12.5 Å². The van der Waals surface area contributed by atoms with Gasteiger partial charge in [0.15, 0.2) is 0 Å². The Kier molecular flexibility index (Phi) is 3.61. The molecule has 0 fully saturated rings. The van der Waals surface area contributed by atoms with Crippen LogP contribution < -0.4 is 4.74 Å². The van der Waals surface area contributed by atoms with Crippen LogP contribution in [0.5, 0.6) is 5.75 Å². The minimum atomic E-state index is 0.569. The second kappa shape index (κ2) is 4.52. The fourth-order valence-corrected chi connectivity index (χ4v) is 1.59. The van der Waals surface area contributed by atoms with E-state index in [1.165, 1.54) is 11.1 Å². The summed E-state index contributed by atoms with van der Waals surface area (Å²) in [6.07, 6.45) is 0. The highest BCUT2D eigenvalue weighted by Crippen LogP contribution is 2.23. The van der Waals surface area contributed by atoms with Crippen molar-refractivity contribution in [3.05, 3.63) is 28.8 Å². The van der Waals surface area contributed by atoms with Gasteiger partial charge in [0.25, 0.3) is 0 Å². The summed E-state index contributed by atoms with van der Waals surface area (Å²) >= 11 is 5.79. The summed E-state index contributed by atoms with van der Waals surface area (Å²) in [4.78, 5) is 0. The van der Waals surface area contributed by atoms with Crippen LogP contribution in [-0.4, -0.2) is 6.61 Å². The molecule has 0 saturated heterocycles. The van der Waals surface area contributed by atoms with Crippen molar-refractivity contribution in [3.63, 3.8) is 0 Å². The second-order valence-corrected chi connectivity index (χ2v) is 3.38. The molecule has 1 aromatic rings. The van der Waals surface area contributed by atoms with Gasteiger partial charge in [0.2, 0.25) is 0 Å². The van der Waals surface area contributed by atoms with E-state index >= 15 is 0 Å². The molecule has 0 saturated carbocycles. The number of benzene rings is 1. The Morgan fingerprint density at radius 3 is 2.46 bits per heavy atom. The van der Waals surface area contributed by atoms with E-state index in [0.717, 1.165) is 11.3 Å². The van der Waals surface area contributed by atoms with Crippen molar-refractivity contribution < 1.29 is 4.74 Å². The Morgan fingerprint density at radius 2 is 1.92 bits per heavy atom. The fourth-order valence-electron chi connectivity index (χ4n) is 1.30. The zero-order valence-electron chi connectivity index (χ0n) is 8.36. The fraction of sp³-hybridized carbons (Fsp3) is 0.455. The third-order valence-electron chi connectivity index (χ3n) is 2.08.